The Labute approximate surface area is 356 Å². The smallest absolute Gasteiger partial charge is 0.165 e. The average molecular weight is 794 g/mol. The minimum atomic E-state index is 0.639. The Balaban J connectivity index is 1.01. The van der Waals surface area contributed by atoms with E-state index in [0.717, 1.165) is 33.0 Å². The zero-order chi connectivity index (χ0) is 40.3. The highest BCUT2D eigenvalue weighted by Crippen LogP contribution is 2.41. The van der Waals surface area contributed by atoms with Crippen molar-refractivity contribution in [1.82, 2.24) is 15.0 Å². The van der Waals surface area contributed by atoms with Crippen molar-refractivity contribution in [3.05, 3.63) is 212 Å². The van der Waals surface area contributed by atoms with E-state index < -0.39 is 0 Å². The molecular formula is C57H35N3S. The Morgan fingerprint density at radius 1 is 0.262 bits per heavy atom. The van der Waals surface area contributed by atoms with Crippen LogP contribution in [-0.2, 0) is 0 Å². The first kappa shape index (κ1) is 35.2. The number of hydrogen-bond acceptors (Lipinski definition) is 4. The lowest BCUT2D eigenvalue weighted by Crippen LogP contribution is -2.01. The van der Waals surface area contributed by atoms with Crippen molar-refractivity contribution >= 4 is 63.8 Å². The summed E-state index contributed by atoms with van der Waals surface area (Å²) in [5.74, 6) is 1.94. The van der Waals surface area contributed by atoms with Gasteiger partial charge in [0, 0.05) is 36.9 Å². The molecule has 0 fully saturated rings. The molecule has 2 heterocycles. The first-order chi connectivity index (χ1) is 30.2. The van der Waals surface area contributed by atoms with Crippen molar-refractivity contribution in [2.45, 2.75) is 0 Å². The predicted octanol–water partition coefficient (Wildman–Crippen LogP) is 15.7. The molecule has 12 rings (SSSR count). The van der Waals surface area contributed by atoms with Crippen LogP contribution < -0.4 is 0 Å². The van der Waals surface area contributed by atoms with Crippen LogP contribution in [-0.4, -0.2) is 15.0 Å². The fraction of sp³-hybridized carbons (Fsp3) is 0. The first-order valence-electron chi connectivity index (χ1n) is 20.6. The van der Waals surface area contributed by atoms with Gasteiger partial charge in [0.15, 0.2) is 17.5 Å². The molecule has 0 radical (unpaired) electrons. The standard InChI is InChI=1S/C57H35N3S/c1-2-11-36(12-3-1)43-29-24-39-25-30-44(35-45(39)34-43)46-31-32-51(48-16-7-6-15-47(46)48)56-58-55(40-26-21-38(22-27-40)42-28-23-37-13-4-5-14-41(37)33-42)59-57(60-56)52-19-10-18-50-49-17-8-9-20-53(49)61-54(50)52/h1-35H. The molecule has 284 valence electrons. The maximum absolute atomic E-state index is 5.33. The van der Waals surface area contributed by atoms with Crippen LogP contribution in [0.25, 0.3) is 120 Å². The molecule has 0 saturated heterocycles. The van der Waals surface area contributed by atoms with Gasteiger partial charge in [0.25, 0.3) is 0 Å². The molecule has 0 aliphatic rings. The van der Waals surface area contributed by atoms with Crippen LogP contribution in [0.1, 0.15) is 0 Å². The zero-order valence-electron chi connectivity index (χ0n) is 33.0. The Bertz CT molecular complexity index is 3650. The third kappa shape index (κ3) is 6.24. The molecule has 0 amide bonds. The van der Waals surface area contributed by atoms with E-state index in [-0.39, 0.29) is 0 Å². The van der Waals surface area contributed by atoms with Crippen molar-refractivity contribution in [3.8, 4) is 67.5 Å². The minimum absolute atomic E-state index is 0.639. The lowest BCUT2D eigenvalue weighted by Gasteiger charge is -2.14. The fourth-order valence-corrected chi connectivity index (χ4v) is 10.0. The van der Waals surface area contributed by atoms with Crippen molar-refractivity contribution in [3.63, 3.8) is 0 Å². The summed E-state index contributed by atoms with van der Waals surface area (Å²) < 4.78 is 2.42. The Morgan fingerprint density at radius 2 is 0.770 bits per heavy atom. The lowest BCUT2D eigenvalue weighted by molar-refractivity contribution is 1.08. The van der Waals surface area contributed by atoms with Gasteiger partial charge in [-0.1, -0.05) is 176 Å². The molecule has 0 spiro atoms. The predicted molar refractivity (Wildman–Crippen MR) is 258 cm³/mol. The van der Waals surface area contributed by atoms with E-state index in [1.54, 1.807) is 11.3 Å². The van der Waals surface area contributed by atoms with Gasteiger partial charge < -0.3 is 0 Å². The third-order valence-electron chi connectivity index (χ3n) is 11.9. The minimum Gasteiger partial charge on any atom is -0.208 e. The summed E-state index contributed by atoms with van der Waals surface area (Å²) in [7, 11) is 0. The second-order valence-corrected chi connectivity index (χ2v) is 16.6. The van der Waals surface area contributed by atoms with E-state index in [0.29, 0.717) is 17.5 Å². The summed E-state index contributed by atoms with van der Waals surface area (Å²) in [5, 5.41) is 9.58. The normalized spacial score (nSPS) is 11.6. The van der Waals surface area contributed by atoms with Gasteiger partial charge in [0.1, 0.15) is 0 Å². The third-order valence-corrected chi connectivity index (χ3v) is 13.1. The molecule has 10 aromatic carbocycles. The Hall–Kier alpha value is -7.79. The van der Waals surface area contributed by atoms with Crippen molar-refractivity contribution < 1.29 is 0 Å². The number of aromatic nitrogens is 3. The lowest BCUT2D eigenvalue weighted by atomic mass is 9.92. The Kier molecular flexibility index (Phi) is 8.36. The van der Waals surface area contributed by atoms with Crippen LogP contribution in [0.2, 0.25) is 0 Å². The average Bonchev–Trinajstić information content (AvgIpc) is 3.72. The van der Waals surface area contributed by atoms with E-state index in [4.69, 9.17) is 15.0 Å². The summed E-state index contributed by atoms with van der Waals surface area (Å²) >= 11 is 1.79. The highest BCUT2D eigenvalue weighted by Gasteiger charge is 2.19. The number of rotatable bonds is 6. The second-order valence-electron chi connectivity index (χ2n) is 15.6. The molecule has 0 N–H and O–H groups in total. The van der Waals surface area contributed by atoms with Crippen LogP contribution in [0.3, 0.4) is 0 Å². The number of thiophene rings is 1. The van der Waals surface area contributed by atoms with Crippen LogP contribution in [0, 0.1) is 0 Å². The van der Waals surface area contributed by atoms with Gasteiger partial charge in [-0.2, -0.15) is 0 Å². The van der Waals surface area contributed by atoms with E-state index in [1.807, 2.05) is 0 Å². The number of nitrogens with zero attached hydrogens (tertiary/aromatic N) is 3. The summed E-state index contributed by atoms with van der Waals surface area (Å²) in [4.78, 5) is 15.9. The molecule has 4 heteroatoms. The molecule has 61 heavy (non-hydrogen) atoms. The van der Waals surface area contributed by atoms with Gasteiger partial charge >= 0.3 is 0 Å². The van der Waals surface area contributed by atoms with Gasteiger partial charge in [-0.3, -0.25) is 0 Å². The largest absolute Gasteiger partial charge is 0.208 e. The van der Waals surface area contributed by atoms with Crippen LogP contribution in [0.15, 0.2) is 212 Å². The quantitative estimate of drug-likeness (QED) is 0.168. The van der Waals surface area contributed by atoms with E-state index in [9.17, 15) is 0 Å². The summed E-state index contributed by atoms with van der Waals surface area (Å²) in [6, 6.07) is 75.9. The maximum Gasteiger partial charge on any atom is 0.165 e. The zero-order valence-corrected chi connectivity index (χ0v) is 33.8. The summed E-state index contributed by atoms with van der Waals surface area (Å²) in [6.07, 6.45) is 0. The van der Waals surface area contributed by atoms with E-state index in [1.165, 1.54) is 69.5 Å². The van der Waals surface area contributed by atoms with Crippen LogP contribution >= 0.6 is 11.3 Å². The molecule has 12 aromatic rings. The van der Waals surface area contributed by atoms with Gasteiger partial charge in [-0.25, -0.2) is 15.0 Å². The van der Waals surface area contributed by atoms with Gasteiger partial charge in [-0.05, 0) is 102 Å². The molecule has 3 nitrogen and oxygen atoms in total. The highest BCUT2D eigenvalue weighted by molar-refractivity contribution is 7.26. The molecular weight excluding hydrogens is 759 g/mol. The van der Waals surface area contributed by atoms with Crippen LogP contribution in [0.4, 0.5) is 0 Å². The topological polar surface area (TPSA) is 38.7 Å². The number of hydrogen-bond donors (Lipinski definition) is 0. The second kappa shape index (κ2) is 14.5. The van der Waals surface area contributed by atoms with Gasteiger partial charge in [-0.15, -0.1) is 11.3 Å². The fourth-order valence-electron chi connectivity index (χ4n) is 8.82. The van der Waals surface area contributed by atoms with Crippen LogP contribution in [0.5, 0.6) is 0 Å². The maximum atomic E-state index is 5.33. The van der Waals surface area contributed by atoms with Crippen molar-refractivity contribution in [1.29, 1.82) is 0 Å². The molecule has 0 unspecified atom stereocenters. The monoisotopic (exact) mass is 793 g/mol. The molecule has 0 aliphatic heterocycles. The molecule has 0 bridgehead atoms. The number of benzene rings is 10. The summed E-state index contributed by atoms with van der Waals surface area (Å²) in [6.45, 7) is 0. The molecule has 0 saturated carbocycles. The van der Waals surface area contributed by atoms with E-state index in [2.05, 4.69) is 212 Å². The first-order valence-corrected chi connectivity index (χ1v) is 21.4. The SMILES string of the molecule is c1ccc(-c2ccc3ccc(-c4ccc(-c5nc(-c6ccc(-c7ccc8ccccc8c7)cc6)nc(-c6cccc7c6sc6ccccc67)n5)c5ccccc45)cc3c2)cc1. The molecule has 0 aliphatic carbocycles. The summed E-state index contributed by atoms with van der Waals surface area (Å²) in [5.41, 5.74) is 9.98. The highest BCUT2D eigenvalue weighted by atomic mass is 32.1. The molecule has 0 atom stereocenters. The van der Waals surface area contributed by atoms with Gasteiger partial charge in [0.05, 0.1) is 0 Å². The van der Waals surface area contributed by atoms with Gasteiger partial charge in [0.2, 0.25) is 0 Å². The molecule has 2 aromatic heterocycles. The van der Waals surface area contributed by atoms with Crippen molar-refractivity contribution in [2.75, 3.05) is 0 Å². The van der Waals surface area contributed by atoms with Crippen molar-refractivity contribution in [2.24, 2.45) is 0 Å². The van der Waals surface area contributed by atoms with E-state index >= 15 is 0 Å². The Morgan fingerprint density at radius 3 is 1.56 bits per heavy atom. The number of fused-ring (bicyclic) bond motifs is 6.